The van der Waals surface area contributed by atoms with E-state index >= 15 is 0 Å². The molecule has 3 rings (SSSR count). The van der Waals surface area contributed by atoms with Crippen LogP contribution in [0.15, 0.2) is 36.4 Å². The van der Waals surface area contributed by atoms with Gasteiger partial charge in [-0.1, -0.05) is 37.0 Å². The van der Waals surface area contributed by atoms with Crippen molar-refractivity contribution in [1.82, 2.24) is 0 Å². The molecule has 0 aliphatic carbocycles. The average molecular weight is 465 g/mol. The summed E-state index contributed by atoms with van der Waals surface area (Å²) in [6, 6.07) is 8.61. The SMILES string of the molecule is C[C@@H]1C[C@H](C)CN(c2ccc(C(=O)OCC(=O)c3ccc(Cl)cc3Cl)cc2[N+](=O)[O-])C1. The number of esters is 1. The number of benzene rings is 2. The Morgan fingerprint density at radius 2 is 1.81 bits per heavy atom. The van der Waals surface area contributed by atoms with E-state index in [2.05, 4.69) is 13.8 Å². The van der Waals surface area contributed by atoms with E-state index in [-0.39, 0.29) is 21.8 Å². The van der Waals surface area contributed by atoms with Gasteiger partial charge in [0.25, 0.3) is 5.69 Å². The molecule has 2 atom stereocenters. The number of nitrogens with zero attached hydrogens (tertiary/aromatic N) is 2. The maximum Gasteiger partial charge on any atom is 0.338 e. The second-order valence-corrected chi connectivity index (χ2v) is 8.78. The van der Waals surface area contributed by atoms with Gasteiger partial charge in [-0.25, -0.2) is 4.79 Å². The summed E-state index contributed by atoms with van der Waals surface area (Å²) in [5, 5.41) is 12.2. The van der Waals surface area contributed by atoms with E-state index in [1.54, 1.807) is 6.07 Å². The fourth-order valence-corrected chi connectivity index (χ4v) is 4.45. The fourth-order valence-electron chi connectivity index (χ4n) is 3.93. The Morgan fingerprint density at radius 1 is 1.13 bits per heavy atom. The van der Waals surface area contributed by atoms with Gasteiger partial charge in [-0.3, -0.25) is 14.9 Å². The first-order chi connectivity index (χ1) is 14.7. The molecule has 2 aromatic rings. The van der Waals surface area contributed by atoms with Crippen molar-refractivity contribution < 1.29 is 19.2 Å². The number of hydrogen-bond donors (Lipinski definition) is 0. The van der Waals surface area contributed by atoms with E-state index in [1.165, 1.54) is 30.3 Å². The average Bonchev–Trinajstić information content (AvgIpc) is 2.70. The molecule has 1 heterocycles. The van der Waals surface area contributed by atoms with E-state index in [4.69, 9.17) is 27.9 Å². The fraction of sp³-hybridized carbons (Fsp3) is 0.364. The van der Waals surface area contributed by atoms with Crippen LogP contribution in [0.4, 0.5) is 11.4 Å². The van der Waals surface area contributed by atoms with Crippen LogP contribution in [0, 0.1) is 22.0 Å². The van der Waals surface area contributed by atoms with Crippen LogP contribution < -0.4 is 4.90 Å². The Labute approximate surface area is 190 Å². The summed E-state index contributed by atoms with van der Waals surface area (Å²) < 4.78 is 5.07. The van der Waals surface area contributed by atoms with E-state index in [0.717, 1.165) is 6.42 Å². The molecule has 0 N–H and O–H groups in total. The van der Waals surface area contributed by atoms with E-state index in [9.17, 15) is 19.7 Å². The number of nitro benzene ring substituents is 1. The highest BCUT2D eigenvalue weighted by Gasteiger charge is 2.28. The molecule has 0 unspecified atom stereocenters. The lowest BCUT2D eigenvalue weighted by atomic mass is 9.91. The monoisotopic (exact) mass is 464 g/mol. The Hall–Kier alpha value is -2.64. The third kappa shape index (κ3) is 5.54. The second kappa shape index (κ2) is 9.66. The predicted molar refractivity (Wildman–Crippen MR) is 119 cm³/mol. The molecule has 0 saturated carbocycles. The zero-order valence-corrected chi connectivity index (χ0v) is 18.7. The lowest BCUT2D eigenvalue weighted by molar-refractivity contribution is -0.384. The number of anilines is 1. The minimum absolute atomic E-state index is 0.00330. The number of ether oxygens (including phenoxy) is 1. The van der Waals surface area contributed by atoms with Gasteiger partial charge in [-0.2, -0.15) is 0 Å². The molecule has 1 fully saturated rings. The first-order valence-corrected chi connectivity index (χ1v) is 10.6. The number of piperidine rings is 1. The molecule has 1 aliphatic rings. The molecule has 0 spiro atoms. The number of Topliss-reactive ketones (excluding diaryl/α,β-unsaturated/α-hetero) is 1. The summed E-state index contributed by atoms with van der Waals surface area (Å²) in [6.45, 7) is 5.11. The Morgan fingerprint density at radius 3 is 2.42 bits per heavy atom. The lowest BCUT2D eigenvalue weighted by Gasteiger charge is -2.36. The second-order valence-electron chi connectivity index (χ2n) is 7.94. The maximum atomic E-state index is 12.4. The molecule has 0 bridgehead atoms. The highest BCUT2D eigenvalue weighted by molar-refractivity contribution is 6.36. The van der Waals surface area contributed by atoms with Crippen molar-refractivity contribution in [2.45, 2.75) is 20.3 Å². The summed E-state index contributed by atoms with van der Waals surface area (Å²) >= 11 is 11.8. The Kier molecular flexibility index (Phi) is 7.18. The van der Waals surface area contributed by atoms with Crippen molar-refractivity contribution in [3.8, 4) is 0 Å². The minimum atomic E-state index is -0.825. The summed E-state index contributed by atoms with van der Waals surface area (Å²) in [5.41, 5.74) is 0.490. The number of rotatable bonds is 6. The van der Waals surface area contributed by atoms with Crippen LogP contribution in [-0.2, 0) is 4.74 Å². The van der Waals surface area contributed by atoms with Gasteiger partial charge in [0, 0.05) is 29.7 Å². The summed E-state index contributed by atoms with van der Waals surface area (Å²) in [5.74, 6) is -0.497. The number of halogens is 2. The summed E-state index contributed by atoms with van der Waals surface area (Å²) in [7, 11) is 0. The summed E-state index contributed by atoms with van der Waals surface area (Å²) in [4.78, 5) is 37.9. The molecule has 9 heteroatoms. The third-order valence-electron chi connectivity index (χ3n) is 5.18. The van der Waals surface area contributed by atoms with Crippen LogP contribution in [0.3, 0.4) is 0 Å². The van der Waals surface area contributed by atoms with Crippen molar-refractivity contribution in [2.24, 2.45) is 11.8 Å². The minimum Gasteiger partial charge on any atom is -0.454 e. The molecule has 7 nitrogen and oxygen atoms in total. The lowest BCUT2D eigenvalue weighted by Crippen LogP contribution is -2.39. The van der Waals surface area contributed by atoms with Crippen molar-refractivity contribution >= 4 is 46.3 Å². The molecular formula is C22H22Cl2N2O5. The zero-order chi connectivity index (χ0) is 22.7. The highest BCUT2D eigenvalue weighted by atomic mass is 35.5. The smallest absolute Gasteiger partial charge is 0.338 e. The molecular weight excluding hydrogens is 443 g/mol. The number of ketones is 1. The molecule has 0 aromatic heterocycles. The van der Waals surface area contributed by atoms with E-state index < -0.39 is 23.3 Å². The number of hydrogen-bond acceptors (Lipinski definition) is 6. The summed E-state index contributed by atoms with van der Waals surface area (Å²) in [6.07, 6.45) is 1.07. The number of carbonyl (C=O) groups is 2. The Bertz CT molecular complexity index is 1020. The third-order valence-corrected chi connectivity index (χ3v) is 5.73. The van der Waals surface area contributed by atoms with Crippen LogP contribution in [-0.4, -0.2) is 36.4 Å². The van der Waals surface area contributed by atoms with Gasteiger partial charge in [-0.05, 0) is 48.6 Å². The van der Waals surface area contributed by atoms with Gasteiger partial charge in [0.2, 0.25) is 5.78 Å². The first-order valence-electron chi connectivity index (χ1n) is 9.84. The molecule has 0 radical (unpaired) electrons. The normalized spacial score (nSPS) is 18.5. The number of carbonyl (C=O) groups excluding carboxylic acids is 2. The van der Waals surface area contributed by atoms with E-state index in [0.29, 0.717) is 35.6 Å². The van der Waals surface area contributed by atoms with Gasteiger partial charge in [0.1, 0.15) is 5.69 Å². The van der Waals surface area contributed by atoms with E-state index in [1.807, 2.05) is 4.90 Å². The van der Waals surface area contributed by atoms with Gasteiger partial charge in [-0.15, -0.1) is 0 Å². The van der Waals surface area contributed by atoms with Crippen molar-refractivity contribution in [3.05, 3.63) is 67.7 Å². The van der Waals surface area contributed by atoms with Gasteiger partial charge < -0.3 is 9.64 Å². The zero-order valence-electron chi connectivity index (χ0n) is 17.1. The molecule has 0 amide bonds. The largest absolute Gasteiger partial charge is 0.454 e. The topological polar surface area (TPSA) is 89.8 Å². The molecule has 31 heavy (non-hydrogen) atoms. The van der Waals surface area contributed by atoms with Gasteiger partial charge in [0.05, 0.1) is 15.5 Å². The van der Waals surface area contributed by atoms with Crippen LogP contribution in [0.2, 0.25) is 10.0 Å². The van der Waals surface area contributed by atoms with Crippen molar-refractivity contribution in [2.75, 3.05) is 24.6 Å². The van der Waals surface area contributed by atoms with Crippen molar-refractivity contribution in [1.29, 1.82) is 0 Å². The molecule has 1 saturated heterocycles. The van der Waals surface area contributed by atoms with Gasteiger partial charge >= 0.3 is 5.97 Å². The predicted octanol–water partition coefficient (Wildman–Crippen LogP) is 5.42. The van der Waals surface area contributed by atoms with Crippen LogP contribution in [0.1, 0.15) is 41.0 Å². The van der Waals surface area contributed by atoms with Crippen LogP contribution >= 0.6 is 23.2 Å². The molecule has 164 valence electrons. The van der Waals surface area contributed by atoms with Gasteiger partial charge in [0.15, 0.2) is 6.61 Å². The molecule has 1 aliphatic heterocycles. The number of nitro groups is 1. The van der Waals surface area contributed by atoms with Crippen LogP contribution in [0.5, 0.6) is 0 Å². The van der Waals surface area contributed by atoms with Crippen molar-refractivity contribution in [3.63, 3.8) is 0 Å². The highest BCUT2D eigenvalue weighted by Crippen LogP contribution is 2.34. The standard InChI is InChI=1S/C22H22Cl2N2O5/c1-13-7-14(2)11-25(10-13)19-6-3-15(8-20(19)26(29)30)22(28)31-12-21(27)17-5-4-16(23)9-18(17)24/h3-6,8-9,13-14H,7,10-12H2,1-2H3/t13-,14+. The first kappa shape index (κ1) is 23.0. The Balaban J connectivity index is 1.75. The quantitative estimate of drug-likeness (QED) is 0.245. The molecule has 2 aromatic carbocycles. The maximum absolute atomic E-state index is 12.4. The van der Waals surface area contributed by atoms with Crippen LogP contribution in [0.25, 0.3) is 0 Å².